The number of carbonyl (C=O) groups is 2. The SMILES string of the molecule is Cc1cc2cc(C(=O)N(CCC(=O)O)Cc3cccnc3)ccc2o1. The van der Waals surface area contributed by atoms with Crippen LogP contribution in [0.5, 0.6) is 0 Å². The molecule has 25 heavy (non-hydrogen) atoms. The molecule has 3 rings (SSSR count). The van der Waals surface area contributed by atoms with Gasteiger partial charge in [-0.15, -0.1) is 0 Å². The molecular weight excluding hydrogens is 320 g/mol. The number of hydrogen-bond acceptors (Lipinski definition) is 4. The summed E-state index contributed by atoms with van der Waals surface area (Å²) in [6.07, 6.45) is 3.21. The molecule has 0 bridgehead atoms. The molecule has 128 valence electrons. The lowest BCUT2D eigenvalue weighted by Gasteiger charge is -2.22. The van der Waals surface area contributed by atoms with Gasteiger partial charge in [-0.05, 0) is 42.8 Å². The summed E-state index contributed by atoms with van der Waals surface area (Å²) in [6, 6.07) is 10.7. The maximum absolute atomic E-state index is 12.9. The Balaban J connectivity index is 1.86. The fourth-order valence-electron chi connectivity index (χ4n) is 2.69. The quantitative estimate of drug-likeness (QED) is 0.746. The van der Waals surface area contributed by atoms with Crippen LogP contribution < -0.4 is 0 Å². The first kappa shape index (κ1) is 16.7. The number of aliphatic carboxylic acids is 1. The molecule has 1 aromatic carbocycles. The molecule has 0 fully saturated rings. The first-order valence-corrected chi connectivity index (χ1v) is 7.93. The summed E-state index contributed by atoms with van der Waals surface area (Å²) in [5.74, 6) is -0.381. The highest BCUT2D eigenvalue weighted by Crippen LogP contribution is 2.21. The van der Waals surface area contributed by atoms with Gasteiger partial charge < -0.3 is 14.4 Å². The van der Waals surface area contributed by atoms with E-state index >= 15 is 0 Å². The Labute approximate surface area is 144 Å². The standard InChI is InChI=1S/C19H18N2O4/c1-13-9-16-10-15(4-5-17(16)25-13)19(24)21(8-6-18(22)23)12-14-3-2-7-20-11-14/h2-5,7,9-11H,6,8,12H2,1H3,(H,22,23). The Morgan fingerprint density at radius 3 is 2.80 bits per heavy atom. The molecule has 1 N–H and O–H groups in total. The van der Waals surface area contributed by atoms with Gasteiger partial charge in [0.05, 0.1) is 6.42 Å². The smallest absolute Gasteiger partial charge is 0.305 e. The number of benzene rings is 1. The number of rotatable bonds is 6. The van der Waals surface area contributed by atoms with Gasteiger partial charge in [-0.1, -0.05) is 6.07 Å². The number of carbonyl (C=O) groups excluding carboxylic acids is 1. The second-order valence-corrected chi connectivity index (χ2v) is 5.84. The van der Waals surface area contributed by atoms with Gasteiger partial charge in [0.25, 0.3) is 5.91 Å². The summed E-state index contributed by atoms with van der Waals surface area (Å²) in [5, 5.41) is 9.81. The van der Waals surface area contributed by atoms with E-state index in [4.69, 9.17) is 9.52 Å². The predicted octanol–water partition coefficient (Wildman–Crippen LogP) is 3.25. The van der Waals surface area contributed by atoms with Gasteiger partial charge >= 0.3 is 5.97 Å². The number of amides is 1. The molecule has 6 heteroatoms. The van der Waals surface area contributed by atoms with E-state index < -0.39 is 5.97 Å². The Morgan fingerprint density at radius 1 is 1.24 bits per heavy atom. The molecule has 6 nitrogen and oxygen atoms in total. The van der Waals surface area contributed by atoms with E-state index in [1.54, 1.807) is 36.7 Å². The van der Waals surface area contributed by atoms with Crippen LogP contribution in [-0.4, -0.2) is 33.4 Å². The summed E-state index contributed by atoms with van der Waals surface area (Å²) < 4.78 is 5.53. The van der Waals surface area contributed by atoms with E-state index in [2.05, 4.69) is 4.98 Å². The van der Waals surface area contributed by atoms with Crippen molar-refractivity contribution in [2.24, 2.45) is 0 Å². The molecule has 0 saturated heterocycles. The number of aryl methyl sites for hydroxylation is 1. The molecule has 2 heterocycles. The van der Waals surface area contributed by atoms with Gasteiger partial charge in [0.15, 0.2) is 0 Å². The molecule has 2 aromatic heterocycles. The number of carboxylic acids is 1. The van der Waals surface area contributed by atoms with Crippen LogP contribution in [0, 0.1) is 6.92 Å². The molecule has 0 unspecified atom stereocenters. The summed E-state index contributed by atoms with van der Waals surface area (Å²) in [5.41, 5.74) is 2.07. The number of pyridine rings is 1. The number of nitrogens with zero attached hydrogens (tertiary/aromatic N) is 2. The van der Waals surface area contributed by atoms with E-state index in [0.717, 1.165) is 22.3 Å². The number of carboxylic acid groups (broad SMARTS) is 1. The summed E-state index contributed by atoms with van der Waals surface area (Å²) in [7, 11) is 0. The minimum Gasteiger partial charge on any atom is -0.481 e. The molecule has 0 aliphatic rings. The third kappa shape index (κ3) is 4.03. The third-order valence-corrected chi connectivity index (χ3v) is 3.87. The van der Waals surface area contributed by atoms with Crippen LogP contribution in [0.2, 0.25) is 0 Å². The summed E-state index contributed by atoms with van der Waals surface area (Å²) >= 11 is 0. The minimum atomic E-state index is -0.940. The molecule has 0 spiro atoms. The maximum Gasteiger partial charge on any atom is 0.305 e. The zero-order valence-electron chi connectivity index (χ0n) is 13.8. The van der Waals surface area contributed by atoms with Gasteiger partial charge in [-0.25, -0.2) is 0 Å². The highest BCUT2D eigenvalue weighted by molar-refractivity contribution is 5.98. The van der Waals surface area contributed by atoms with E-state index in [1.807, 2.05) is 19.1 Å². The predicted molar refractivity (Wildman–Crippen MR) is 92.2 cm³/mol. The van der Waals surface area contributed by atoms with Gasteiger partial charge in [-0.3, -0.25) is 14.6 Å². The Hall–Kier alpha value is -3.15. The van der Waals surface area contributed by atoms with E-state index in [-0.39, 0.29) is 18.9 Å². The summed E-state index contributed by atoms with van der Waals surface area (Å²) in [6.45, 7) is 2.29. The second-order valence-electron chi connectivity index (χ2n) is 5.84. The normalized spacial score (nSPS) is 10.8. The number of furan rings is 1. The van der Waals surface area contributed by atoms with Gasteiger partial charge in [0, 0.05) is 36.4 Å². The first-order chi connectivity index (χ1) is 12.0. The Bertz CT molecular complexity index is 902. The highest BCUT2D eigenvalue weighted by Gasteiger charge is 2.18. The third-order valence-electron chi connectivity index (χ3n) is 3.87. The van der Waals surface area contributed by atoms with Gasteiger partial charge in [-0.2, -0.15) is 0 Å². The second kappa shape index (κ2) is 7.17. The topological polar surface area (TPSA) is 83.6 Å². The van der Waals surface area contributed by atoms with Crippen LogP contribution in [0.3, 0.4) is 0 Å². The lowest BCUT2D eigenvalue weighted by molar-refractivity contribution is -0.137. The lowest BCUT2D eigenvalue weighted by Crippen LogP contribution is -2.32. The van der Waals surface area contributed by atoms with Crippen molar-refractivity contribution in [3.05, 3.63) is 65.7 Å². The fourth-order valence-corrected chi connectivity index (χ4v) is 2.69. The zero-order chi connectivity index (χ0) is 17.8. The van der Waals surface area contributed by atoms with Crippen molar-refractivity contribution in [2.75, 3.05) is 6.54 Å². The van der Waals surface area contributed by atoms with E-state index in [1.165, 1.54) is 4.90 Å². The monoisotopic (exact) mass is 338 g/mol. The number of hydrogen-bond donors (Lipinski definition) is 1. The van der Waals surface area contributed by atoms with Crippen molar-refractivity contribution in [3.8, 4) is 0 Å². The van der Waals surface area contributed by atoms with Crippen molar-refractivity contribution in [3.63, 3.8) is 0 Å². The molecule has 1 amide bonds. The molecular formula is C19H18N2O4. The van der Waals surface area contributed by atoms with Crippen LogP contribution in [0.25, 0.3) is 11.0 Å². The van der Waals surface area contributed by atoms with Gasteiger partial charge in [0.1, 0.15) is 11.3 Å². The zero-order valence-corrected chi connectivity index (χ0v) is 13.8. The van der Waals surface area contributed by atoms with E-state index in [0.29, 0.717) is 12.1 Å². The van der Waals surface area contributed by atoms with E-state index in [9.17, 15) is 9.59 Å². The number of fused-ring (bicyclic) bond motifs is 1. The molecule has 0 radical (unpaired) electrons. The number of aromatic nitrogens is 1. The van der Waals surface area contributed by atoms with Crippen LogP contribution in [-0.2, 0) is 11.3 Å². The van der Waals surface area contributed by atoms with Crippen molar-refractivity contribution < 1.29 is 19.1 Å². The minimum absolute atomic E-state index is 0.112. The first-order valence-electron chi connectivity index (χ1n) is 7.93. The van der Waals surface area contributed by atoms with Crippen LogP contribution >= 0.6 is 0 Å². The molecule has 3 aromatic rings. The van der Waals surface area contributed by atoms with Crippen molar-refractivity contribution >= 4 is 22.8 Å². The Kier molecular flexibility index (Phi) is 4.79. The van der Waals surface area contributed by atoms with Crippen molar-refractivity contribution in [1.82, 2.24) is 9.88 Å². The van der Waals surface area contributed by atoms with Crippen LogP contribution in [0.4, 0.5) is 0 Å². The molecule has 0 aliphatic heterocycles. The average molecular weight is 338 g/mol. The van der Waals surface area contributed by atoms with Crippen molar-refractivity contribution in [2.45, 2.75) is 19.9 Å². The average Bonchev–Trinajstić information content (AvgIpc) is 2.97. The maximum atomic E-state index is 12.9. The molecule has 0 aliphatic carbocycles. The highest BCUT2D eigenvalue weighted by atomic mass is 16.4. The van der Waals surface area contributed by atoms with Crippen LogP contribution in [0.15, 0.2) is 53.2 Å². The fraction of sp³-hybridized carbons (Fsp3) is 0.211. The Morgan fingerprint density at radius 2 is 2.08 bits per heavy atom. The van der Waals surface area contributed by atoms with Crippen LogP contribution in [0.1, 0.15) is 28.1 Å². The van der Waals surface area contributed by atoms with Crippen molar-refractivity contribution in [1.29, 1.82) is 0 Å². The lowest BCUT2D eigenvalue weighted by atomic mass is 10.1. The molecule has 0 atom stereocenters. The summed E-state index contributed by atoms with van der Waals surface area (Å²) in [4.78, 5) is 29.4. The van der Waals surface area contributed by atoms with Gasteiger partial charge in [0.2, 0.25) is 0 Å². The largest absolute Gasteiger partial charge is 0.481 e. The molecule has 0 saturated carbocycles.